The highest BCUT2D eigenvalue weighted by molar-refractivity contribution is 7.90. The van der Waals surface area contributed by atoms with E-state index in [-0.39, 0.29) is 17.9 Å². The number of piperazine rings is 1. The second-order valence-electron chi connectivity index (χ2n) is 9.33. The zero-order valence-corrected chi connectivity index (χ0v) is 20.4. The van der Waals surface area contributed by atoms with Gasteiger partial charge in [0.15, 0.2) is 9.84 Å². The summed E-state index contributed by atoms with van der Waals surface area (Å²) < 4.78 is 78.3. The molecule has 3 rings (SSSR count). The molecule has 1 saturated heterocycles. The Kier molecular flexibility index (Phi) is 6.88. The topological polar surface area (TPSA) is 86.6 Å². The van der Waals surface area contributed by atoms with Crippen molar-refractivity contribution >= 4 is 21.5 Å². The van der Waals surface area contributed by atoms with E-state index in [1.54, 1.807) is 4.90 Å². The predicted molar refractivity (Wildman–Crippen MR) is 120 cm³/mol. The Labute approximate surface area is 196 Å². The van der Waals surface area contributed by atoms with Crippen LogP contribution in [0.2, 0.25) is 0 Å². The summed E-state index contributed by atoms with van der Waals surface area (Å²) in [6, 6.07) is 3.65. The second kappa shape index (κ2) is 8.95. The van der Waals surface area contributed by atoms with Gasteiger partial charge in [-0.1, -0.05) is 13.8 Å². The van der Waals surface area contributed by atoms with E-state index in [9.17, 15) is 31.1 Å². The molecule has 7 nitrogen and oxygen atoms in total. The molecular weight excluding hydrogens is 476 g/mol. The van der Waals surface area contributed by atoms with E-state index in [2.05, 4.69) is 9.97 Å². The first kappa shape index (κ1) is 26.1. The summed E-state index contributed by atoms with van der Waals surface area (Å²) in [5.74, 6) is -0.740. The molecule has 0 aliphatic carbocycles. The van der Waals surface area contributed by atoms with Crippen molar-refractivity contribution in [2.75, 3.05) is 35.7 Å². The first-order valence-corrected chi connectivity index (χ1v) is 12.6. The quantitative estimate of drug-likeness (QED) is 0.623. The van der Waals surface area contributed by atoms with Crippen molar-refractivity contribution in [2.45, 2.75) is 50.4 Å². The van der Waals surface area contributed by atoms with E-state index in [4.69, 9.17) is 0 Å². The van der Waals surface area contributed by atoms with E-state index in [0.717, 1.165) is 12.3 Å². The van der Waals surface area contributed by atoms with E-state index in [1.807, 2.05) is 18.7 Å². The first-order valence-electron chi connectivity index (χ1n) is 10.7. The predicted octanol–water partition coefficient (Wildman–Crippen LogP) is 3.62. The number of benzene rings is 1. The lowest BCUT2D eigenvalue weighted by atomic mass is 9.98. The van der Waals surface area contributed by atoms with Crippen molar-refractivity contribution in [1.82, 2.24) is 9.97 Å². The fraction of sp³-hybridized carbons (Fsp3) is 0.545. The smallest absolute Gasteiger partial charge is 0.384 e. The molecule has 34 heavy (non-hydrogen) atoms. The summed E-state index contributed by atoms with van der Waals surface area (Å²) in [5, 5.41) is 10.3. The van der Waals surface area contributed by atoms with Crippen LogP contribution in [-0.2, 0) is 21.6 Å². The van der Waals surface area contributed by atoms with Gasteiger partial charge in [0.05, 0.1) is 17.3 Å². The van der Waals surface area contributed by atoms with Crippen LogP contribution < -0.4 is 9.80 Å². The summed E-state index contributed by atoms with van der Waals surface area (Å²) in [5.41, 5.74) is -2.92. The highest BCUT2D eigenvalue weighted by atomic mass is 32.2. The van der Waals surface area contributed by atoms with Gasteiger partial charge < -0.3 is 14.9 Å². The monoisotopic (exact) mass is 504 g/mol. The van der Waals surface area contributed by atoms with Crippen LogP contribution in [0.15, 0.2) is 29.3 Å². The molecule has 1 fully saturated rings. The van der Waals surface area contributed by atoms with Crippen molar-refractivity contribution in [2.24, 2.45) is 5.92 Å². The third-order valence-electron chi connectivity index (χ3n) is 5.79. The highest BCUT2D eigenvalue weighted by Gasteiger charge is 2.40. The second-order valence-corrected chi connectivity index (χ2v) is 11.3. The summed E-state index contributed by atoms with van der Waals surface area (Å²) in [6.45, 7) is 7.43. The summed E-state index contributed by atoms with van der Waals surface area (Å²) in [6.07, 6.45) is -3.09. The lowest BCUT2D eigenvalue weighted by Crippen LogP contribution is -2.56. The lowest BCUT2D eigenvalue weighted by Gasteiger charge is -2.44. The van der Waals surface area contributed by atoms with Crippen LogP contribution in [0.5, 0.6) is 0 Å². The molecule has 12 heteroatoms. The number of nitrogens with zero attached hydrogens (tertiary/aromatic N) is 4. The fourth-order valence-electron chi connectivity index (χ4n) is 4.02. The van der Waals surface area contributed by atoms with Crippen LogP contribution in [0.3, 0.4) is 0 Å². The number of alkyl halides is 3. The molecule has 1 atom stereocenters. The van der Waals surface area contributed by atoms with Crippen LogP contribution in [0.1, 0.15) is 39.0 Å². The van der Waals surface area contributed by atoms with Gasteiger partial charge in [-0.15, -0.1) is 0 Å². The maximum Gasteiger partial charge on any atom is 0.419 e. The van der Waals surface area contributed by atoms with E-state index in [0.29, 0.717) is 31.5 Å². The van der Waals surface area contributed by atoms with Gasteiger partial charge in [-0.25, -0.2) is 22.8 Å². The molecule has 2 heterocycles. The number of rotatable bonds is 5. The number of sulfone groups is 1. The van der Waals surface area contributed by atoms with Gasteiger partial charge in [-0.2, -0.15) is 13.2 Å². The van der Waals surface area contributed by atoms with E-state index < -0.39 is 43.6 Å². The summed E-state index contributed by atoms with van der Waals surface area (Å²) in [7, 11) is -3.76. The van der Waals surface area contributed by atoms with Crippen molar-refractivity contribution in [3.63, 3.8) is 0 Å². The molecule has 0 spiro atoms. The van der Waals surface area contributed by atoms with Crippen molar-refractivity contribution in [1.29, 1.82) is 0 Å². The fourth-order valence-corrected chi connectivity index (χ4v) is 4.78. The van der Waals surface area contributed by atoms with Crippen LogP contribution in [-0.4, -0.2) is 55.4 Å². The molecule has 0 radical (unpaired) electrons. The molecule has 0 amide bonds. The van der Waals surface area contributed by atoms with Gasteiger partial charge in [0.2, 0.25) is 5.95 Å². The number of halogens is 4. The SMILES string of the molecule is CC(C)C1CN(c2ccc(F)c(S(C)(=O)=O)c2)CCN1c1ncc(C(F)(F)F)c(C(C)(C)O)n1. The zero-order valence-electron chi connectivity index (χ0n) is 19.6. The molecule has 1 aromatic carbocycles. The molecule has 1 aliphatic rings. The average Bonchev–Trinajstić information content (AvgIpc) is 2.71. The molecule has 1 unspecified atom stereocenters. The number of aliphatic hydroxyl groups is 1. The van der Waals surface area contributed by atoms with Crippen molar-refractivity contribution in [3.8, 4) is 0 Å². The van der Waals surface area contributed by atoms with Crippen molar-refractivity contribution in [3.05, 3.63) is 41.5 Å². The number of aromatic nitrogens is 2. The van der Waals surface area contributed by atoms with Gasteiger partial charge in [-0.3, -0.25) is 0 Å². The van der Waals surface area contributed by atoms with Crippen LogP contribution in [0.4, 0.5) is 29.2 Å². The number of hydrogen-bond donors (Lipinski definition) is 1. The third kappa shape index (κ3) is 5.43. The summed E-state index contributed by atoms with van der Waals surface area (Å²) in [4.78, 5) is 11.4. The lowest BCUT2D eigenvalue weighted by molar-refractivity contribution is -0.141. The number of anilines is 2. The standard InChI is InChI=1S/C22H28F4N4O3S/c1-13(2)17-12-29(14-6-7-16(23)18(10-14)34(5,32)33)8-9-30(17)20-27-11-15(22(24,25)26)19(28-20)21(3,4)31/h6-7,10-11,13,17,31H,8-9,12H2,1-5H3. The maximum absolute atomic E-state index is 14.0. The Balaban J connectivity index is 1.97. The summed E-state index contributed by atoms with van der Waals surface area (Å²) >= 11 is 0. The van der Waals surface area contributed by atoms with Crippen LogP contribution >= 0.6 is 0 Å². The maximum atomic E-state index is 14.0. The molecule has 1 aromatic heterocycles. The molecule has 0 saturated carbocycles. The number of hydrogen-bond acceptors (Lipinski definition) is 7. The third-order valence-corrected chi connectivity index (χ3v) is 6.90. The van der Waals surface area contributed by atoms with Gasteiger partial charge in [-0.05, 0) is 38.0 Å². The molecule has 188 valence electrons. The molecular formula is C22H28F4N4O3S. The van der Waals surface area contributed by atoms with Crippen LogP contribution in [0, 0.1) is 11.7 Å². The molecule has 2 aromatic rings. The van der Waals surface area contributed by atoms with E-state index >= 15 is 0 Å². The highest BCUT2D eigenvalue weighted by Crippen LogP contribution is 2.37. The Morgan fingerprint density at radius 1 is 1.18 bits per heavy atom. The molecule has 1 aliphatic heterocycles. The van der Waals surface area contributed by atoms with Gasteiger partial charge in [0.25, 0.3) is 0 Å². The first-order chi connectivity index (χ1) is 15.5. The Bertz CT molecular complexity index is 1160. The minimum absolute atomic E-state index is 0.0223. The Morgan fingerprint density at radius 2 is 1.82 bits per heavy atom. The largest absolute Gasteiger partial charge is 0.419 e. The molecule has 0 bridgehead atoms. The average molecular weight is 505 g/mol. The van der Waals surface area contributed by atoms with Gasteiger partial charge in [0, 0.05) is 37.8 Å². The minimum Gasteiger partial charge on any atom is -0.384 e. The Morgan fingerprint density at radius 3 is 2.35 bits per heavy atom. The van der Waals surface area contributed by atoms with Gasteiger partial charge >= 0.3 is 6.18 Å². The zero-order chi connectivity index (χ0) is 25.6. The van der Waals surface area contributed by atoms with Gasteiger partial charge in [0.1, 0.15) is 16.3 Å². The minimum atomic E-state index is -4.72. The molecule has 1 N–H and O–H groups in total. The normalized spacial score (nSPS) is 18.0. The van der Waals surface area contributed by atoms with E-state index in [1.165, 1.54) is 26.0 Å². The van der Waals surface area contributed by atoms with Crippen molar-refractivity contribution < 1.29 is 31.1 Å². The van der Waals surface area contributed by atoms with Crippen LogP contribution in [0.25, 0.3) is 0 Å². The Hall–Kier alpha value is -2.47.